The summed E-state index contributed by atoms with van der Waals surface area (Å²) >= 11 is 1.27. The number of carbonyl (C=O) groups excluding carboxylic acids is 1. The van der Waals surface area contributed by atoms with Crippen LogP contribution in [0, 0.1) is 0 Å². The van der Waals surface area contributed by atoms with Gasteiger partial charge in [0, 0.05) is 11.3 Å². The van der Waals surface area contributed by atoms with Crippen LogP contribution in [0.2, 0.25) is 0 Å². The van der Waals surface area contributed by atoms with E-state index >= 15 is 0 Å². The van der Waals surface area contributed by atoms with Crippen LogP contribution in [0.3, 0.4) is 0 Å². The highest BCUT2D eigenvalue weighted by molar-refractivity contribution is 7.99. The molecule has 0 aliphatic rings. The van der Waals surface area contributed by atoms with Crippen LogP contribution in [0.25, 0.3) is 17.1 Å². The number of aromatic nitrogens is 3. The summed E-state index contributed by atoms with van der Waals surface area (Å²) in [4.78, 5) is 12.4. The van der Waals surface area contributed by atoms with E-state index in [-0.39, 0.29) is 17.4 Å². The Kier molecular flexibility index (Phi) is 7.56. The van der Waals surface area contributed by atoms with Gasteiger partial charge in [-0.3, -0.25) is 9.36 Å². The highest BCUT2D eigenvalue weighted by atomic mass is 32.2. The van der Waals surface area contributed by atoms with Crippen LogP contribution < -0.4 is 10.2 Å². The fourth-order valence-corrected chi connectivity index (χ4v) is 3.92. The molecule has 0 unspecified atom stereocenters. The third kappa shape index (κ3) is 5.62. The van der Waals surface area contributed by atoms with Gasteiger partial charge in [0.05, 0.1) is 18.6 Å². The monoisotopic (exact) mass is 473 g/mol. The molecule has 9 heteroatoms. The van der Waals surface area contributed by atoms with Gasteiger partial charge in [0.1, 0.15) is 0 Å². The number of rotatable bonds is 9. The largest absolute Gasteiger partial charge is 0.504 e. The quantitative estimate of drug-likeness (QED) is 0.214. The van der Waals surface area contributed by atoms with Gasteiger partial charge in [0.15, 0.2) is 22.5 Å². The molecular formula is C25H23N5O3S. The predicted octanol–water partition coefficient (Wildman–Crippen LogP) is 4.28. The van der Waals surface area contributed by atoms with Crippen molar-refractivity contribution < 1.29 is 14.6 Å². The fourth-order valence-electron chi connectivity index (χ4n) is 3.17. The molecule has 0 spiro atoms. The molecule has 8 nitrogen and oxygen atoms in total. The van der Waals surface area contributed by atoms with Gasteiger partial charge < -0.3 is 9.84 Å². The van der Waals surface area contributed by atoms with Gasteiger partial charge >= 0.3 is 0 Å². The third-order valence-electron chi connectivity index (χ3n) is 4.70. The Labute approximate surface area is 201 Å². The Balaban J connectivity index is 1.44. The number of para-hydroxylation sites is 1. The Bertz CT molecular complexity index is 1280. The lowest BCUT2D eigenvalue weighted by Gasteiger charge is -2.10. The second-order valence-corrected chi connectivity index (χ2v) is 8.03. The number of hydrazone groups is 1. The first-order valence-corrected chi connectivity index (χ1v) is 11.6. The molecule has 0 radical (unpaired) electrons. The summed E-state index contributed by atoms with van der Waals surface area (Å²) in [5, 5.41) is 23.1. The van der Waals surface area contributed by atoms with Crippen molar-refractivity contribution in [1.82, 2.24) is 20.2 Å². The maximum absolute atomic E-state index is 12.4. The normalized spacial score (nSPS) is 11.0. The molecule has 0 atom stereocenters. The number of aromatic hydroxyl groups is 1. The minimum atomic E-state index is -0.283. The average molecular weight is 474 g/mol. The molecule has 2 N–H and O–H groups in total. The van der Waals surface area contributed by atoms with E-state index in [0.717, 1.165) is 11.3 Å². The van der Waals surface area contributed by atoms with E-state index in [1.54, 1.807) is 12.1 Å². The van der Waals surface area contributed by atoms with Gasteiger partial charge in [-0.05, 0) is 42.8 Å². The molecule has 4 rings (SSSR count). The van der Waals surface area contributed by atoms with Crippen LogP contribution in [-0.2, 0) is 4.79 Å². The van der Waals surface area contributed by atoms with Crippen LogP contribution in [0.4, 0.5) is 0 Å². The zero-order chi connectivity index (χ0) is 23.8. The number of nitrogens with one attached hydrogen (secondary N) is 1. The van der Waals surface area contributed by atoms with Gasteiger partial charge in [0.2, 0.25) is 0 Å². The molecule has 0 aliphatic heterocycles. The molecule has 0 saturated carbocycles. The topological polar surface area (TPSA) is 102 Å². The highest BCUT2D eigenvalue weighted by Gasteiger charge is 2.17. The standard InChI is InChI=1S/C25H23N5O3S/c1-2-33-22-15-18(13-14-21(22)31)16-26-27-23(32)17-34-25-29-28-24(19-9-5-3-6-10-19)30(25)20-11-7-4-8-12-20/h3-16,31H,2,17H2,1H3,(H,27,32)/b26-16-. The minimum absolute atomic E-state index is 0.0526. The van der Waals surface area contributed by atoms with Crippen LogP contribution in [0.1, 0.15) is 12.5 Å². The molecule has 4 aromatic rings. The van der Waals surface area contributed by atoms with Crippen LogP contribution in [0.5, 0.6) is 11.5 Å². The van der Waals surface area contributed by atoms with Crippen LogP contribution >= 0.6 is 11.8 Å². The van der Waals surface area contributed by atoms with E-state index in [9.17, 15) is 9.90 Å². The molecule has 0 saturated heterocycles. The van der Waals surface area contributed by atoms with Gasteiger partial charge in [0.25, 0.3) is 5.91 Å². The predicted molar refractivity (Wildman–Crippen MR) is 133 cm³/mol. The van der Waals surface area contributed by atoms with E-state index in [0.29, 0.717) is 28.9 Å². The Morgan fingerprint density at radius 1 is 1.09 bits per heavy atom. The molecule has 1 amide bonds. The van der Waals surface area contributed by atoms with Gasteiger partial charge in [-0.15, -0.1) is 10.2 Å². The summed E-state index contributed by atoms with van der Waals surface area (Å²) in [5.41, 5.74) is 5.04. The second kappa shape index (κ2) is 11.2. The summed E-state index contributed by atoms with van der Waals surface area (Å²) in [5.74, 6) is 0.940. The summed E-state index contributed by atoms with van der Waals surface area (Å²) < 4.78 is 7.29. The van der Waals surface area contributed by atoms with Gasteiger partial charge in [-0.1, -0.05) is 60.3 Å². The molecule has 1 aromatic heterocycles. The molecular weight excluding hydrogens is 450 g/mol. The highest BCUT2D eigenvalue weighted by Crippen LogP contribution is 2.28. The molecule has 1 heterocycles. The Morgan fingerprint density at radius 2 is 1.82 bits per heavy atom. The van der Waals surface area contributed by atoms with Crippen LogP contribution in [0.15, 0.2) is 89.1 Å². The summed E-state index contributed by atoms with van der Waals surface area (Å²) in [7, 11) is 0. The zero-order valence-corrected chi connectivity index (χ0v) is 19.3. The third-order valence-corrected chi connectivity index (χ3v) is 5.63. The number of amides is 1. The number of nitrogens with zero attached hydrogens (tertiary/aromatic N) is 4. The first-order chi connectivity index (χ1) is 16.7. The van der Waals surface area contributed by atoms with Crippen molar-refractivity contribution in [1.29, 1.82) is 0 Å². The van der Waals surface area contributed by atoms with Crippen molar-refractivity contribution in [2.24, 2.45) is 5.10 Å². The van der Waals surface area contributed by atoms with E-state index in [1.807, 2.05) is 72.2 Å². The Hall–Kier alpha value is -4.11. The van der Waals surface area contributed by atoms with E-state index in [2.05, 4.69) is 20.7 Å². The van der Waals surface area contributed by atoms with Gasteiger partial charge in [-0.25, -0.2) is 5.43 Å². The second-order valence-electron chi connectivity index (χ2n) is 7.09. The molecule has 0 aliphatic carbocycles. The fraction of sp³-hybridized carbons (Fsp3) is 0.120. The van der Waals surface area contributed by atoms with E-state index in [4.69, 9.17) is 4.74 Å². The molecule has 3 aromatic carbocycles. The van der Waals surface area contributed by atoms with Crippen molar-refractivity contribution in [3.05, 3.63) is 84.4 Å². The molecule has 172 valence electrons. The molecule has 34 heavy (non-hydrogen) atoms. The van der Waals surface area contributed by atoms with Crippen LogP contribution in [-0.4, -0.2) is 44.4 Å². The lowest BCUT2D eigenvalue weighted by Crippen LogP contribution is -2.20. The number of thioether (sulfide) groups is 1. The van der Waals surface area contributed by atoms with Crippen molar-refractivity contribution in [3.8, 4) is 28.6 Å². The summed E-state index contributed by atoms with van der Waals surface area (Å²) in [6.07, 6.45) is 1.49. The Morgan fingerprint density at radius 3 is 2.56 bits per heavy atom. The first kappa shape index (κ1) is 23.1. The SMILES string of the molecule is CCOc1cc(/C=N\NC(=O)CSc2nnc(-c3ccccc3)n2-c2ccccc2)ccc1O. The maximum Gasteiger partial charge on any atom is 0.250 e. The number of phenolic OH excluding ortho intramolecular Hbond substituents is 1. The number of hydrogen-bond acceptors (Lipinski definition) is 7. The van der Waals surface area contributed by atoms with Crippen molar-refractivity contribution >= 4 is 23.9 Å². The number of carbonyl (C=O) groups is 1. The van der Waals surface area contributed by atoms with E-state index < -0.39 is 0 Å². The summed E-state index contributed by atoms with van der Waals surface area (Å²) in [6, 6.07) is 24.4. The lowest BCUT2D eigenvalue weighted by atomic mass is 10.2. The number of ether oxygens (including phenoxy) is 1. The maximum atomic E-state index is 12.4. The van der Waals surface area contributed by atoms with E-state index in [1.165, 1.54) is 24.0 Å². The molecule has 0 bridgehead atoms. The van der Waals surface area contributed by atoms with Gasteiger partial charge in [-0.2, -0.15) is 5.10 Å². The van der Waals surface area contributed by atoms with Crippen molar-refractivity contribution in [2.75, 3.05) is 12.4 Å². The smallest absolute Gasteiger partial charge is 0.250 e. The first-order valence-electron chi connectivity index (χ1n) is 10.6. The zero-order valence-electron chi connectivity index (χ0n) is 18.5. The summed E-state index contributed by atoms with van der Waals surface area (Å²) in [6.45, 7) is 2.27. The molecule has 0 fully saturated rings. The average Bonchev–Trinajstić information content (AvgIpc) is 3.30. The minimum Gasteiger partial charge on any atom is -0.504 e. The number of phenols is 1. The number of benzene rings is 3. The number of hydrogen-bond donors (Lipinski definition) is 2. The van der Waals surface area contributed by atoms with Crippen molar-refractivity contribution in [2.45, 2.75) is 12.1 Å². The van der Waals surface area contributed by atoms with Crippen molar-refractivity contribution in [3.63, 3.8) is 0 Å². The lowest BCUT2D eigenvalue weighted by molar-refractivity contribution is -0.118.